The van der Waals surface area contributed by atoms with Crippen molar-refractivity contribution in [2.24, 2.45) is 5.92 Å². The van der Waals surface area contributed by atoms with Gasteiger partial charge in [0.25, 0.3) is 0 Å². The molecule has 1 N–H and O–H groups in total. The van der Waals surface area contributed by atoms with Crippen LogP contribution in [0.3, 0.4) is 0 Å². The fourth-order valence-corrected chi connectivity index (χ4v) is 3.59. The van der Waals surface area contributed by atoms with Crippen molar-refractivity contribution in [3.63, 3.8) is 0 Å². The second kappa shape index (κ2) is 8.47. The van der Waals surface area contributed by atoms with Crippen LogP contribution in [0.2, 0.25) is 0 Å². The van der Waals surface area contributed by atoms with Crippen LogP contribution >= 0.6 is 0 Å². The Labute approximate surface area is 149 Å². The number of hydrogen-bond acceptors (Lipinski definition) is 6. The number of methoxy groups -OCH3 is 1. The number of anilines is 1. The SMILES string of the molecule is COc1ccnc(N2CCN(CC(=O)NC3CCC(C)CC3)CC2)n1. The largest absolute Gasteiger partial charge is 0.481 e. The number of nitrogens with zero attached hydrogens (tertiary/aromatic N) is 4. The monoisotopic (exact) mass is 347 g/mol. The van der Waals surface area contributed by atoms with E-state index in [1.54, 1.807) is 19.4 Å². The van der Waals surface area contributed by atoms with Gasteiger partial charge in [0.1, 0.15) is 0 Å². The van der Waals surface area contributed by atoms with Crippen molar-refractivity contribution in [3.05, 3.63) is 12.3 Å². The molecular formula is C18H29N5O2. The van der Waals surface area contributed by atoms with Crippen LogP contribution < -0.4 is 15.0 Å². The highest BCUT2D eigenvalue weighted by atomic mass is 16.5. The van der Waals surface area contributed by atoms with E-state index in [0.717, 1.165) is 44.9 Å². The molecule has 0 bridgehead atoms. The molecule has 0 unspecified atom stereocenters. The lowest BCUT2D eigenvalue weighted by Crippen LogP contribution is -2.51. The second-order valence-corrected chi connectivity index (χ2v) is 7.19. The van der Waals surface area contributed by atoms with Crippen molar-refractivity contribution in [2.45, 2.75) is 38.6 Å². The number of piperazine rings is 1. The molecule has 2 aliphatic rings. The molecule has 7 nitrogen and oxygen atoms in total. The third-order valence-corrected chi connectivity index (χ3v) is 5.23. The van der Waals surface area contributed by atoms with E-state index in [0.29, 0.717) is 24.4 Å². The fraction of sp³-hybridized carbons (Fsp3) is 0.722. The first-order valence-corrected chi connectivity index (χ1v) is 9.27. The van der Waals surface area contributed by atoms with E-state index >= 15 is 0 Å². The summed E-state index contributed by atoms with van der Waals surface area (Å²) in [6.07, 6.45) is 6.40. The molecule has 3 rings (SSSR count). The van der Waals surface area contributed by atoms with Crippen molar-refractivity contribution in [1.82, 2.24) is 20.2 Å². The van der Waals surface area contributed by atoms with Crippen molar-refractivity contribution in [3.8, 4) is 5.88 Å². The molecule has 0 aromatic carbocycles. The highest BCUT2D eigenvalue weighted by Crippen LogP contribution is 2.23. The normalized spacial score (nSPS) is 24.8. The molecule has 0 radical (unpaired) electrons. The molecule has 1 aliphatic heterocycles. The van der Waals surface area contributed by atoms with Gasteiger partial charge in [0.15, 0.2) is 0 Å². The lowest BCUT2D eigenvalue weighted by atomic mass is 9.87. The first kappa shape index (κ1) is 17.9. The maximum Gasteiger partial charge on any atom is 0.234 e. The third kappa shape index (κ3) is 5.04. The molecule has 0 atom stereocenters. The highest BCUT2D eigenvalue weighted by molar-refractivity contribution is 5.78. The molecule has 1 aromatic heterocycles. The van der Waals surface area contributed by atoms with Crippen LogP contribution in [0.25, 0.3) is 0 Å². The average molecular weight is 347 g/mol. The maximum absolute atomic E-state index is 12.3. The lowest BCUT2D eigenvalue weighted by molar-refractivity contribution is -0.123. The Hall–Kier alpha value is -1.89. The van der Waals surface area contributed by atoms with Crippen LogP contribution in [0.5, 0.6) is 5.88 Å². The van der Waals surface area contributed by atoms with Crippen molar-refractivity contribution >= 4 is 11.9 Å². The summed E-state index contributed by atoms with van der Waals surface area (Å²) < 4.78 is 5.16. The van der Waals surface area contributed by atoms with Gasteiger partial charge in [0.05, 0.1) is 13.7 Å². The summed E-state index contributed by atoms with van der Waals surface area (Å²) in [6.45, 7) is 6.11. The predicted octanol–water partition coefficient (Wildman–Crippen LogP) is 1.30. The Morgan fingerprint density at radius 2 is 1.96 bits per heavy atom. The molecule has 25 heavy (non-hydrogen) atoms. The molecule has 2 fully saturated rings. The van der Waals surface area contributed by atoms with Gasteiger partial charge in [-0.2, -0.15) is 4.98 Å². The molecule has 7 heteroatoms. The van der Waals surface area contributed by atoms with Gasteiger partial charge in [-0.3, -0.25) is 9.69 Å². The second-order valence-electron chi connectivity index (χ2n) is 7.19. The van der Waals surface area contributed by atoms with Gasteiger partial charge < -0.3 is 15.0 Å². The summed E-state index contributed by atoms with van der Waals surface area (Å²) in [4.78, 5) is 25.3. The minimum Gasteiger partial charge on any atom is -0.481 e. The number of aromatic nitrogens is 2. The van der Waals surface area contributed by atoms with Gasteiger partial charge in [0.2, 0.25) is 17.7 Å². The summed E-state index contributed by atoms with van der Waals surface area (Å²) in [5, 5.41) is 3.21. The number of hydrogen-bond donors (Lipinski definition) is 1. The summed E-state index contributed by atoms with van der Waals surface area (Å²) in [5.41, 5.74) is 0. The first-order chi connectivity index (χ1) is 12.1. The van der Waals surface area contributed by atoms with Gasteiger partial charge in [-0.25, -0.2) is 4.98 Å². The zero-order valence-electron chi connectivity index (χ0n) is 15.3. The van der Waals surface area contributed by atoms with E-state index in [-0.39, 0.29) is 5.91 Å². The molecule has 1 aromatic rings. The quantitative estimate of drug-likeness (QED) is 0.866. The first-order valence-electron chi connectivity index (χ1n) is 9.27. The van der Waals surface area contributed by atoms with Crippen molar-refractivity contribution in [2.75, 3.05) is 44.7 Å². The zero-order valence-corrected chi connectivity index (χ0v) is 15.3. The van der Waals surface area contributed by atoms with Gasteiger partial charge in [0, 0.05) is 44.5 Å². The number of carbonyl (C=O) groups excluding carboxylic acids is 1. The molecule has 2 heterocycles. The molecule has 138 valence electrons. The zero-order chi connectivity index (χ0) is 17.6. The van der Waals surface area contributed by atoms with E-state index in [4.69, 9.17) is 4.74 Å². The predicted molar refractivity (Wildman–Crippen MR) is 96.8 cm³/mol. The topological polar surface area (TPSA) is 70.6 Å². The number of ether oxygens (including phenoxy) is 1. The lowest BCUT2D eigenvalue weighted by Gasteiger charge is -2.35. The van der Waals surface area contributed by atoms with Crippen LogP contribution in [0, 0.1) is 5.92 Å². The van der Waals surface area contributed by atoms with Gasteiger partial charge in [-0.15, -0.1) is 0 Å². The third-order valence-electron chi connectivity index (χ3n) is 5.23. The fourth-order valence-electron chi connectivity index (χ4n) is 3.59. The van der Waals surface area contributed by atoms with E-state index in [1.807, 2.05) is 0 Å². The minimum absolute atomic E-state index is 0.158. The van der Waals surface area contributed by atoms with E-state index < -0.39 is 0 Å². The number of rotatable bonds is 5. The van der Waals surface area contributed by atoms with Gasteiger partial charge >= 0.3 is 0 Å². The Balaban J connectivity index is 1.42. The maximum atomic E-state index is 12.3. The highest BCUT2D eigenvalue weighted by Gasteiger charge is 2.23. The minimum atomic E-state index is 0.158. The smallest absolute Gasteiger partial charge is 0.234 e. The molecular weight excluding hydrogens is 318 g/mol. The van der Waals surface area contributed by atoms with Crippen LogP contribution in [-0.4, -0.2) is 66.7 Å². The van der Waals surface area contributed by atoms with Gasteiger partial charge in [-0.1, -0.05) is 6.92 Å². The van der Waals surface area contributed by atoms with Gasteiger partial charge in [-0.05, 0) is 31.6 Å². The number of carbonyl (C=O) groups is 1. The molecule has 1 saturated carbocycles. The molecule has 1 aliphatic carbocycles. The van der Waals surface area contributed by atoms with E-state index in [9.17, 15) is 4.79 Å². The standard InChI is InChI=1S/C18H29N5O2/c1-14-3-5-15(6-4-14)20-16(24)13-22-9-11-23(12-10-22)18-19-8-7-17(21-18)25-2/h7-8,14-15H,3-6,9-13H2,1-2H3,(H,20,24). The van der Waals surface area contributed by atoms with Crippen LogP contribution in [0.1, 0.15) is 32.6 Å². The van der Waals surface area contributed by atoms with E-state index in [2.05, 4.69) is 32.0 Å². The average Bonchev–Trinajstić information content (AvgIpc) is 2.64. The Morgan fingerprint density at radius 1 is 1.24 bits per heavy atom. The molecule has 1 amide bonds. The summed E-state index contributed by atoms with van der Waals surface area (Å²) in [6, 6.07) is 2.12. The summed E-state index contributed by atoms with van der Waals surface area (Å²) in [5.74, 6) is 2.24. The Morgan fingerprint density at radius 3 is 2.64 bits per heavy atom. The van der Waals surface area contributed by atoms with Crippen molar-refractivity contribution < 1.29 is 9.53 Å². The van der Waals surface area contributed by atoms with Crippen LogP contribution in [0.4, 0.5) is 5.95 Å². The Kier molecular flexibility index (Phi) is 6.07. The Bertz CT molecular complexity index is 566. The molecule has 0 spiro atoms. The van der Waals surface area contributed by atoms with Crippen molar-refractivity contribution in [1.29, 1.82) is 0 Å². The number of amides is 1. The number of nitrogens with one attached hydrogen (secondary N) is 1. The van der Waals surface area contributed by atoms with E-state index in [1.165, 1.54) is 12.8 Å². The summed E-state index contributed by atoms with van der Waals surface area (Å²) in [7, 11) is 1.61. The summed E-state index contributed by atoms with van der Waals surface area (Å²) >= 11 is 0. The van der Waals surface area contributed by atoms with Crippen LogP contribution in [0.15, 0.2) is 12.3 Å². The molecule has 1 saturated heterocycles. The van der Waals surface area contributed by atoms with Crippen LogP contribution in [-0.2, 0) is 4.79 Å².